The number of nitrogens with zero attached hydrogens (tertiary/aromatic N) is 3. The van der Waals surface area contributed by atoms with Gasteiger partial charge in [-0.3, -0.25) is 24.3 Å². The third kappa shape index (κ3) is 2.08. The van der Waals surface area contributed by atoms with Crippen molar-refractivity contribution < 1.29 is 4.92 Å². The highest BCUT2D eigenvalue weighted by molar-refractivity contribution is 5.81. The van der Waals surface area contributed by atoms with Crippen LogP contribution in [-0.4, -0.2) is 24.4 Å². The molecule has 2 heterocycles. The lowest BCUT2D eigenvalue weighted by Gasteiger charge is -2.07. The quantitative estimate of drug-likeness (QED) is 0.413. The van der Waals surface area contributed by atoms with Crippen molar-refractivity contribution in [1.29, 1.82) is 0 Å². The SMILES string of the molecule is Cc1cn(-c2cc3[nH]c(=O)c(=O)[nH]c3cc2[N+](=O)[O-])c(C)n1. The number of benzene rings is 1. The zero-order valence-electron chi connectivity index (χ0n) is 11.7. The fourth-order valence-electron chi connectivity index (χ4n) is 2.34. The summed E-state index contributed by atoms with van der Waals surface area (Å²) in [5.41, 5.74) is -0.406. The first-order chi connectivity index (χ1) is 10.4. The van der Waals surface area contributed by atoms with Crippen LogP contribution in [-0.2, 0) is 0 Å². The van der Waals surface area contributed by atoms with Crippen molar-refractivity contribution >= 4 is 16.7 Å². The molecular formula is C13H11N5O4. The second-order valence-electron chi connectivity index (χ2n) is 4.85. The van der Waals surface area contributed by atoms with Gasteiger partial charge in [0.15, 0.2) is 0 Å². The molecular weight excluding hydrogens is 290 g/mol. The summed E-state index contributed by atoms with van der Waals surface area (Å²) < 4.78 is 1.57. The maximum Gasteiger partial charge on any atom is 0.314 e. The highest BCUT2D eigenvalue weighted by Gasteiger charge is 2.19. The summed E-state index contributed by atoms with van der Waals surface area (Å²) in [4.78, 5) is 42.5. The number of H-pyrrole nitrogens is 2. The minimum Gasteiger partial charge on any atom is -0.316 e. The van der Waals surface area contributed by atoms with Crippen molar-refractivity contribution in [3.8, 4) is 5.69 Å². The Bertz CT molecular complexity index is 1030. The van der Waals surface area contributed by atoms with E-state index in [4.69, 9.17) is 0 Å². The summed E-state index contributed by atoms with van der Waals surface area (Å²) in [6, 6.07) is 2.66. The number of aromatic amines is 2. The second-order valence-corrected chi connectivity index (χ2v) is 4.85. The average molecular weight is 301 g/mol. The van der Waals surface area contributed by atoms with Gasteiger partial charge in [-0.2, -0.15) is 0 Å². The van der Waals surface area contributed by atoms with Gasteiger partial charge in [-0.15, -0.1) is 0 Å². The summed E-state index contributed by atoms with van der Waals surface area (Å²) in [5.74, 6) is 0.576. The fourth-order valence-corrected chi connectivity index (χ4v) is 2.34. The molecule has 1 aromatic carbocycles. The van der Waals surface area contributed by atoms with Crippen LogP contribution < -0.4 is 11.1 Å². The van der Waals surface area contributed by atoms with E-state index in [1.165, 1.54) is 12.1 Å². The second kappa shape index (κ2) is 4.65. The monoisotopic (exact) mass is 301 g/mol. The van der Waals surface area contributed by atoms with Gasteiger partial charge >= 0.3 is 11.1 Å². The Morgan fingerprint density at radius 1 is 1.14 bits per heavy atom. The van der Waals surface area contributed by atoms with Gasteiger partial charge in [0.05, 0.1) is 21.7 Å². The lowest BCUT2D eigenvalue weighted by atomic mass is 10.2. The van der Waals surface area contributed by atoms with Crippen LogP contribution >= 0.6 is 0 Å². The zero-order valence-corrected chi connectivity index (χ0v) is 11.7. The van der Waals surface area contributed by atoms with Gasteiger partial charge in [0.1, 0.15) is 11.5 Å². The molecule has 9 nitrogen and oxygen atoms in total. The molecule has 112 valence electrons. The minimum absolute atomic E-state index is 0.189. The lowest BCUT2D eigenvalue weighted by Crippen LogP contribution is -2.29. The van der Waals surface area contributed by atoms with Crippen LogP contribution in [0.25, 0.3) is 16.7 Å². The number of nitro benzene ring substituents is 1. The van der Waals surface area contributed by atoms with Gasteiger partial charge in [0.25, 0.3) is 5.69 Å². The van der Waals surface area contributed by atoms with Crippen LogP contribution in [0.15, 0.2) is 27.9 Å². The smallest absolute Gasteiger partial charge is 0.314 e. The Kier molecular flexibility index (Phi) is 2.91. The molecule has 0 saturated heterocycles. The van der Waals surface area contributed by atoms with Crippen LogP contribution in [0.2, 0.25) is 0 Å². The Morgan fingerprint density at radius 3 is 2.23 bits per heavy atom. The van der Waals surface area contributed by atoms with Crippen molar-refractivity contribution in [2.45, 2.75) is 13.8 Å². The van der Waals surface area contributed by atoms with E-state index in [1.807, 2.05) is 0 Å². The van der Waals surface area contributed by atoms with Gasteiger partial charge in [0, 0.05) is 12.3 Å². The first-order valence-corrected chi connectivity index (χ1v) is 6.34. The molecule has 0 aliphatic heterocycles. The number of imidazole rings is 1. The molecule has 0 fully saturated rings. The number of fused-ring (bicyclic) bond motifs is 1. The third-order valence-corrected chi connectivity index (χ3v) is 3.28. The molecule has 0 unspecified atom stereocenters. The standard InChI is InChI=1S/C13H11N5O4/c1-6-5-17(7(2)14-6)10-3-8-9(4-11(10)18(21)22)16-13(20)12(19)15-8/h3-5H,1-2H3,(H,15,19)(H,16,20). The van der Waals surface area contributed by atoms with Crippen molar-refractivity contribution in [1.82, 2.24) is 19.5 Å². The topological polar surface area (TPSA) is 127 Å². The van der Waals surface area contributed by atoms with Crippen LogP contribution in [0.3, 0.4) is 0 Å². The van der Waals surface area contributed by atoms with Gasteiger partial charge in [-0.25, -0.2) is 4.98 Å². The average Bonchev–Trinajstić information content (AvgIpc) is 2.77. The van der Waals surface area contributed by atoms with E-state index in [2.05, 4.69) is 15.0 Å². The molecule has 0 saturated carbocycles. The molecule has 0 atom stereocenters. The summed E-state index contributed by atoms with van der Waals surface area (Å²) in [5, 5.41) is 11.3. The van der Waals surface area contributed by atoms with Gasteiger partial charge in [-0.05, 0) is 19.9 Å². The van der Waals surface area contributed by atoms with Gasteiger partial charge in [-0.1, -0.05) is 0 Å². The molecule has 2 N–H and O–H groups in total. The Balaban J connectivity index is 2.42. The number of nitrogens with one attached hydrogen (secondary N) is 2. The number of aromatic nitrogens is 4. The molecule has 0 amide bonds. The summed E-state index contributed by atoms with van der Waals surface area (Å²) >= 11 is 0. The number of nitro groups is 1. The minimum atomic E-state index is -0.857. The van der Waals surface area contributed by atoms with Crippen LogP contribution in [0, 0.1) is 24.0 Å². The molecule has 3 aromatic rings. The molecule has 0 radical (unpaired) electrons. The van der Waals surface area contributed by atoms with E-state index in [1.54, 1.807) is 24.6 Å². The van der Waals surface area contributed by atoms with Gasteiger partial charge < -0.3 is 9.97 Å². The van der Waals surface area contributed by atoms with Crippen molar-refractivity contribution in [2.24, 2.45) is 0 Å². The lowest BCUT2D eigenvalue weighted by molar-refractivity contribution is -0.384. The number of hydrogen-bond donors (Lipinski definition) is 2. The van der Waals surface area contributed by atoms with Crippen molar-refractivity contribution in [3.63, 3.8) is 0 Å². The van der Waals surface area contributed by atoms with Crippen LogP contribution in [0.4, 0.5) is 5.69 Å². The Hall–Kier alpha value is -3.23. The van der Waals surface area contributed by atoms with E-state index < -0.39 is 16.0 Å². The third-order valence-electron chi connectivity index (χ3n) is 3.28. The highest BCUT2D eigenvalue weighted by Crippen LogP contribution is 2.27. The largest absolute Gasteiger partial charge is 0.316 e. The molecule has 0 bridgehead atoms. The zero-order chi connectivity index (χ0) is 16.0. The summed E-state index contributed by atoms with van der Waals surface area (Å²) in [6.07, 6.45) is 1.66. The number of aryl methyl sites for hydroxylation is 2. The number of hydrogen-bond acceptors (Lipinski definition) is 5. The Labute approximate surface area is 122 Å². The van der Waals surface area contributed by atoms with Crippen LogP contribution in [0.5, 0.6) is 0 Å². The van der Waals surface area contributed by atoms with E-state index in [-0.39, 0.29) is 16.9 Å². The number of rotatable bonds is 2. The molecule has 2 aromatic heterocycles. The van der Waals surface area contributed by atoms with E-state index in [0.717, 1.165) is 0 Å². The summed E-state index contributed by atoms with van der Waals surface area (Å²) in [7, 11) is 0. The normalized spacial score (nSPS) is 11.0. The molecule has 22 heavy (non-hydrogen) atoms. The van der Waals surface area contributed by atoms with E-state index in [9.17, 15) is 19.7 Å². The maximum absolute atomic E-state index is 11.4. The molecule has 3 rings (SSSR count). The fraction of sp³-hybridized carbons (Fsp3) is 0.154. The molecule has 0 spiro atoms. The maximum atomic E-state index is 11.4. The molecule has 0 aliphatic carbocycles. The molecule has 9 heteroatoms. The van der Waals surface area contributed by atoms with Crippen LogP contribution in [0.1, 0.15) is 11.5 Å². The predicted octanol–water partition coefficient (Wildman–Crippen LogP) is 0.927. The van der Waals surface area contributed by atoms with Crippen molar-refractivity contribution in [2.75, 3.05) is 0 Å². The first-order valence-electron chi connectivity index (χ1n) is 6.34. The van der Waals surface area contributed by atoms with E-state index in [0.29, 0.717) is 17.0 Å². The van der Waals surface area contributed by atoms with Crippen molar-refractivity contribution in [3.05, 3.63) is 60.7 Å². The highest BCUT2D eigenvalue weighted by atomic mass is 16.6. The first kappa shape index (κ1) is 13.7. The Morgan fingerprint density at radius 2 is 1.73 bits per heavy atom. The van der Waals surface area contributed by atoms with E-state index >= 15 is 0 Å². The van der Waals surface area contributed by atoms with Gasteiger partial charge in [0.2, 0.25) is 0 Å². The predicted molar refractivity (Wildman–Crippen MR) is 78.4 cm³/mol. The summed E-state index contributed by atoms with van der Waals surface area (Å²) in [6.45, 7) is 3.49. The molecule has 0 aliphatic rings.